The van der Waals surface area contributed by atoms with Crippen molar-refractivity contribution in [3.8, 4) is 5.75 Å². The number of benzene rings is 1. The highest BCUT2D eigenvalue weighted by Crippen LogP contribution is 2.17. The molecule has 0 aliphatic carbocycles. The van der Waals surface area contributed by atoms with Crippen LogP contribution < -0.4 is 4.74 Å². The highest BCUT2D eigenvalue weighted by Gasteiger charge is 2.02. The Labute approximate surface area is 92.8 Å². The zero-order valence-electron chi connectivity index (χ0n) is 9.92. The topological polar surface area (TPSA) is 9.23 Å². The van der Waals surface area contributed by atoms with Gasteiger partial charge in [0.2, 0.25) is 0 Å². The first-order valence-corrected chi connectivity index (χ1v) is 5.42. The van der Waals surface area contributed by atoms with Crippen molar-refractivity contribution in [2.45, 2.75) is 26.7 Å². The van der Waals surface area contributed by atoms with Crippen LogP contribution in [0.1, 0.15) is 25.8 Å². The van der Waals surface area contributed by atoms with Crippen molar-refractivity contribution in [1.82, 2.24) is 0 Å². The van der Waals surface area contributed by atoms with Gasteiger partial charge in [-0.3, -0.25) is 0 Å². The zero-order valence-corrected chi connectivity index (χ0v) is 9.92. The third-order valence-corrected chi connectivity index (χ3v) is 2.87. The molecule has 0 spiro atoms. The predicted molar refractivity (Wildman–Crippen MR) is 65.3 cm³/mol. The van der Waals surface area contributed by atoms with Gasteiger partial charge in [0.1, 0.15) is 5.75 Å². The van der Waals surface area contributed by atoms with Crippen molar-refractivity contribution in [2.24, 2.45) is 5.92 Å². The monoisotopic (exact) mass is 204 g/mol. The third kappa shape index (κ3) is 3.78. The molecule has 15 heavy (non-hydrogen) atoms. The van der Waals surface area contributed by atoms with Gasteiger partial charge in [-0.2, -0.15) is 0 Å². The molecule has 0 aliphatic rings. The largest absolute Gasteiger partial charge is 0.497 e. The minimum Gasteiger partial charge on any atom is -0.497 e. The first kappa shape index (κ1) is 11.8. The van der Waals surface area contributed by atoms with E-state index in [2.05, 4.69) is 32.6 Å². The summed E-state index contributed by atoms with van der Waals surface area (Å²) in [6, 6.07) is 8.29. The van der Waals surface area contributed by atoms with Gasteiger partial charge in [-0.15, -0.1) is 0 Å². The van der Waals surface area contributed by atoms with Crippen molar-refractivity contribution in [3.05, 3.63) is 42.0 Å². The second-order valence-electron chi connectivity index (χ2n) is 4.13. The zero-order chi connectivity index (χ0) is 11.3. The molecule has 1 aromatic carbocycles. The Hall–Kier alpha value is -1.24. The molecule has 0 bridgehead atoms. The summed E-state index contributed by atoms with van der Waals surface area (Å²) in [5.74, 6) is 1.53. The molecular weight excluding hydrogens is 184 g/mol. The number of allylic oxidation sites excluding steroid dienone is 1. The van der Waals surface area contributed by atoms with E-state index in [4.69, 9.17) is 4.74 Å². The van der Waals surface area contributed by atoms with Crippen LogP contribution in [0.4, 0.5) is 0 Å². The molecule has 1 heteroatoms. The minimum absolute atomic E-state index is 0.604. The minimum atomic E-state index is 0.604. The smallest absolute Gasteiger partial charge is 0.118 e. The average molecular weight is 204 g/mol. The Bertz CT molecular complexity index is 311. The Balaban J connectivity index is 2.47. The van der Waals surface area contributed by atoms with E-state index in [9.17, 15) is 0 Å². The van der Waals surface area contributed by atoms with E-state index in [1.165, 1.54) is 17.6 Å². The molecule has 1 nitrogen and oxygen atoms in total. The summed E-state index contributed by atoms with van der Waals surface area (Å²) in [4.78, 5) is 0. The van der Waals surface area contributed by atoms with Crippen molar-refractivity contribution in [3.63, 3.8) is 0 Å². The van der Waals surface area contributed by atoms with Crippen LogP contribution in [0.15, 0.2) is 36.4 Å². The van der Waals surface area contributed by atoms with Gasteiger partial charge >= 0.3 is 0 Å². The SMILES string of the molecule is C=C(C)[C@H](C)CCc1ccc(OC)cc1. The van der Waals surface area contributed by atoms with Gasteiger partial charge in [-0.05, 0) is 43.4 Å². The van der Waals surface area contributed by atoms with Gasteiger partial charge in [0.25, 0.3) is 0 Å². The van der Waals surface area contributed by atoms with Gasteiger partial charge in [0.15, 0.2) is 0 Å². The van der Waals surface area contributed by atoms with Crippen LogP contribution in [-0.4, -0.2) is 7.11 Å². The molecule has 0 saturated heterocycles. The highest BCUT2D eigenvalue weighted by molar-refractivity contribution is 5.27. The Morgan fingerprint density at radius 3 is 2.40 bits per heavy atom. The molecule has 0 saturated carbocycles. The maximum atomic E-state index is 5.12. The van der Waals surface area contributed by atoms with Crippen molar-refractivity contribution < 1.29 is 4.74 Å². The van der Waals surface area contributed by atoms with E-state index in [0.29, 0.717) is 5.92 Å². The molecule has 0 amide bonds. The molecule has 0 fully saturated rings. The van der Waals surface area contributed by atoms with Crippen LogP contribution >= 0.6 is 0 Å². The molecule has 1 atom stereocenters. The number of hydrogen-bond donors (Lipinski definition) is 0. The second kappa shape index (κ2) is 5.59. The molecule has 0 radical (unpaired) electrons. The molecule has 0 N–H and O–H groups in total. The number of ether oxygens (including phenoxy) is 1. The summed E-state index contributed by atoms with van der Waals surface area (Å²) < 4.78 is 5.12. The average Bonchev–Trinajstić information content (AvgIpc) is 2.26. The quantitative estimate of drug-likeness (QED) is 0.662. The predicted octanol–water partition coefficient (Wildman–Crippen LogP) is 3.84. The van der Waals surface area contributed by atoms with Crippen LogP contribution in [-0.2, 0) is 6.42 Å². The maximum Gasteiger partial charge on any atom is 0.118 e. The molecule has 0 aromatic heterocycles. The van der Waals surface area contributed by atoms with Crippen LogP contribution in [0.5, 0.6) is 5.75 Å². The lowest BCUT2D eigenvalue weighted by Gasteiger charge is -2.10. The Morgan fingerprint density at radius 1 is 1.33 bits per heavy atom. The summed E-state index contributed by atoms with van der Waals surface area (Å²) in [7, 11) is 1.69. The highest BCUT2D eigenvalue weighted by atomic mass is 16.5. The molecule has 0 unspecified atom stereocenters. The van der Waals surface area contributed by atoms with E-state index < -0.39 is 0 Å². The summed E-state index contributed by atoms with van der Waals surface area (Å²) in [6.07, 6.45) is 2.28. The van der Waals surface area contributed by atoms with Gasteiger partial charge in [0.05, 0.1) is 7.11 Å². The molecule has 1 rings (SSSR count). The van der Waals surface area contributed by atoms with E-state index in [1.54, 1.807) is 7.11 Å². The first-order valence-electron chi connectivity index (χ1n) is 5.42. The number of aryl methyl sites for hydroxylation is 1. The fraction of sp³-hybridized carbons (Fsp3) is 0.429. The summed E-state index contributed by atoms with van der Waals surface area (Å²) in [6.45, 7) is 8.30. The first-order chi connectivity index (χ1) is 7.13. The van der Waals surface area contributed by atoms with E-state index in [1.807, 2.05) is 12.1 Å². The van der Waals surface area contributed by atoms with Gasteiger partial charge in [0, 0.05) is 0 Å². The van der Waals surface area contributed by atoms with Gasteiger partial charge in [-0.25, -0.2) is 0 Å². The summed E-state index contributed by atoms with van der Waals surface area (Å²) >= 11 is 0. The van der Waals surface area contributed by atoms with Crippen molar-refractivity contribution >= 4 is 0 Å². The Morgan fingerprint density at radius 2 is 1.93 bits per heavy atom. The molecule has 1 aromatic rings. The van der Waals surface area contributed by atoms with Gasteiger partial charge in [-0.1, -0.05) is 31.2 Å². The third-order valence-electron chi connectivity index (χ3n) is 2.87. The summed E-state index contributed by atoms with van der Waals surface area (Å²) in [5.41, 5.74) is 2.63. The lowest BCUT2D eigenvalue weighted by Crippen LogP contribution is -1.98. The molecule has 0 heterocycles. The molecule has 0 aliphatic heterocycles. The standard InChI is InChI=1S/C14H20O/c1-11(2)12(3)5-6-13-7-9-14(15-4)10-8-13/h7-10,12H,1,5-6H2,2-4H3/t12-/m1/s1. The maximum absolute atomic E-state index is 5.12. The summed E-state index contributed by atoms with van der Waals surface area (Å²) in [5, 5.41) is 0. The molecule has 82 valence electrons. The van der Waals surface area contributed by atoms with Crippen LogP contribution in [0.2, 0.25) is 0 Å². The number of hydrogen-bond acceptors (Lipinski definition) is 1. The second-order valence-corrected chi connectivity index (χ2v) is 4.13. The van der Waals surface area contributed by atoms with Crippen molar-refractivity contribution in [2.75, 3.05) is 7.11 Å². The molecular formula is C14H20O. The van der Waals surface area contributed by atoms with E-state index in [0.717, 1.165) is 12.2 Å². The van der Waals surface area contributed by atoms with E-state index in [-0.39, 0.29) is 0 Å². The lowest BCUT2D eigenvalue weighted by molar-refractivity contribution is 0.414. The number of rotatable bonds is 5. The fourth-order valence-electron chi connectivity index (χ4n) is 1.42. The van der Waals surface area contributed by atoms with Crippen LogP contribution in [0.25, 0.3) is 0 Å². The normalized spacial score (nSPS) is 12.2. The van der Waals surface area contributed by atoms with E-state index >= 15 is 0 Å². The lowest BCUT2D eigenvalue weighted by atomic mass is 9.96. The van der Waals surface area contributed by atoms with Crippen molar-refractivity contribution in [1.29, 1.82) is 0 Å². The number of methoxy groups -OCH3 is 1. The van der Waals surface area contributed by atoms with Crippen LogP contribution in [0, 0.1) is 5.92 Å². The van der Waals surface area contributed by atoms with Gasteiger partial charge < -0.3 is 4.74 Å². The fourth-order valence-corrected chi connectivity index (χ4v) is 1.42. The Kier molecular flexibility index (Phi) is 4.41. The van der Waals surface area contributed by atoms with Crippen LogP contribution in [0.3, 0.4) is 0 Å².